The lowest BCUT2D eigenvalue weighted by Crippen LogP contribution is -2.23. The topological polar surface area (TPSA) is 81.5 Å². The molecule has 23 heavy (non-hydrogen) atoms. The lowest BCUT2D eigenvalue weighted by Gasteiger charge is -2.18. The Kier molecular flexibility index (Phi) is 5.07. The molecule has 0 aliphatic rings. The second-order valence-corrected chi connectivity index (χ2v) is 8.63. The highest BCUT2D eigenvalue weighted by Crippen LogP contribution is 2.28. The Morgan fingerprint density at radius 3 is 2.52 bits per heavy atom. The molecular weight excluding hydrogens is 358 g/mol. The molecule has 0 amide bonds. The minimum absolute atomic E-state index is 0.104. The number of benzene rings is 1. The quantitative estimate of drug-likeness (QED) is 0.606. The third-order valence-corrected chi connectivity index (χ3v) is 5.42. The van der Waals surface area contributed by atoms with E-state index in [9.17, 15) is 8.42 Å². The van der Waals surface area contributed by atoms with Crippen molar-refractivity contribution in [2.75, 3.05) is 7.11 Å². The predicted molar refractivity (Wildman–Crippen MR) is 91.4 cm³/mol. The summed E-state index contributed by atoms with van der Waals surface area (Å²) < 4.78 is 37.5. The number of halogens is 1. The summed E-state index contributed by atoms with van der Waals surface area (Å²) in [6.45, 7) is 5.42. The molecule has 0 unspecified atom stereocenters. The van der Waals surface area contributed by atoms with E-state index in [4.69, 9.17) is 16.3 Å². The van der Waals surface area contributed by atoms with Crippen molar-refractivity contribution in [2.24, 2.45) is 9.81 Å². The maximum atomic E-state index is 12.4. The molecule has 0 saturated carbocycles. The van der Waals surface area contributed by atoms with Gasteiger partial charge in [-0.25, -0.2) is 4.98 Å². The van der Waals surface area contributed by atoms with Crippen LogP contribution >= 0.6 is 23.1 Å². The third-order valence-electron chi connectivity index (χ3n) is 2.78. The van der Waals surface area contributed by atoms with E-state index in [1.54, 1.807) is 45.0 Å². The molecule has 0 spiro atoms. The van der Waals surface area contributed by atoms with Crippen LogP contribution in [-0.2, 0) is 14.8 Å². The molecule has 6 nitrogen and oxygen atoms in total. The Labute approximate surface area is 144 Å². The molecule has 0 aliphatic heterocycles. The molecule has 2 aromatic rings. The van der Waals surface area contributed by atoms with E-state index in [2.05, 4.69) is 13.8 Å². The van der Waals surface area contributed by atoms with Gasteiger partial charge >= 0.3 is 10.0 Å². The van der Waals surface area contributed by atoms with Crippen molar-refractivity contribution in [3.05, 3.63) is 29.3 Å². The first kappa shape index (κ1) is 17.8. The normalized spacial score (nSPS) is 13.2. The SMILES string of the molecule is CO/C(=N\S(=O)(=O)c1nc(-c2ccccc2Cl)ns1)C(C)(C)C. The number of hydrogen-bond acceptors (Lipinski definition) is 6. The number of aromatic nitrogens is 2. The Bertz CT molecular complexity index is 839. The molecule has 0 aliphatic carbocycles. The summed E-state index contributed by atoms with van der Waals surface area (Å²) >= 11 is 6.83. The van der Waals surface area contributed by atoms with Gasteiger partial charge in [0.2, 0.25) is 5.90 Å². The average molecular weight is 374 g/mol. The van der Waals surface area contributed by atoms with E-state index in [0.29, 0.717) is 10.6 Å². The number of sulfonamides is 1. The number of nitrogens with zero attached hydrogens (tertiary/aromatic N) is 3. The van der Waals surface area contributed by atoms with Crippen molar-refractivity contribution >= 4 is 39.1 Å². The summed E-state index contributed by atoms with van der Waals surface area (Å²) in [6.07, 6.45) is 0. The predicted octanol–water partition coefficient (Wildman–Crippen LogP) is 3.64. The zero-order chi connectivity index (χ0) is 17.3. The third kappa shape index (κ3) is 4.07. The van der Waals surface area contributed by atoms with Crippen LogP contribution in [0.5, 0.6) is 0 Å². The van der Waals surface area contributed by atoms with Gasteiger partial charge in [-0.3, -0.25) is 0 Å². The van der Waals surface area contributed by atoms with Crippen molar-refractivity contribution in [3.63, 3.8) is 0 Å². The van der Waals surface area contributed by atoms with Crippen molar-refractivity contribution in [3.8, 4) is 11.4 Å². The van der Waals surface area contributed by atoms with Crippen LogP contribution in [0.1, 0.15) is 20.8 Å². The fourth-order valence-corrected chi connectivity index (χ4v) is 3.79. The van der Waals surface area contributed by atoms with E-state index in [0.717, 1.165) is 11.5 Å². The van der Waals surface area contributed by atoms with Crippen LogP contribution in [0, 0.1) is 5.41 Å². The maximum Gasteiger partial charge on any atom is 0.314 e. The monoisotopic (exact) mass is 373 g/mol. The van der Waals surface area contributed by atoms with Crippen molar-refractivity contribution in [2.45, 2.75) is 25.1 Å². The Morgan fingerprint density at radius 1 is 1.30 bits per heavy atom. The Morgan fingerprint density at radius 2 is 1.96 bits per heavy atom. The number of ether oxygens (including phenoxy) is 1. The smallest absolute Gasteiger partial charge is 0.314 e. The number of methoxy groups -OCH3 is 1. The summed E-state index contributed by atoms with van der Waals surface area (Å²) in [5, 5.41) is 0.449. The van der Waals surface area contributed by atoms with Gasteiger partial charge in [-0.1, -0.05) is 44.5 Å². The van der Waals surface area contributed by atoms with Crippen molar-refractivity contribution < 1.29 is 13.2 Å². The van der Waals surface area contributed by atoms with Gasteiger partial charge < -0.3 is 4.74 Å². The first-order chi connectivity index (χ1) is 10.6. The standard InChI is InChI=1S/C14H16ClN3O3S2/c1-14(2,3)12(21-4)18-23(19,20)13-16-11(17-22-13)9-7-5-6-8-10(9)15/h5-8H,1-4H3/b18-12-. The van der Waals surface area contributed by atoms with Gasteiger partial charge in [0.1, 0.15) is 0 Å². The zero-order valence-corrected chi connectivity index (χ0v) is 15.5. The van der Waals surface area contributed by atoms with E-state index >= 15 is 0 Å². The van der Waals surface area contributed by atoms with Gasteiger partial charge in [-0.15, -0.1) is 4.40 Å². The molecule has 1 aromatic carbocycles. The molecule has 2 rings (SSSR count). The van der Waals surface area contributed by atoms with Crippen LogP contribution in [0.4, 0.5) is 0 Å². The Balaban J connectivity index is 2.44. The molecule has 0 fully saturated rings. The molecule has 0 bridgehead atoms. The molecule has 0 radical (unpaired) electrons. The zero-order valence-electron chi connectivity index (χ0n) is 13.1. The fraction of sp³-hybridized carbons (Fsp3) is 0.357. The van der Waals surface area contributed by atoms with Crippen LogP contribution < -0.4 is 0 Å². The van der Waals surface area contributed by atoms with Crippen molar-refractivity contribution in [1.29, 1.82) is 0 Å². The molecular formula is C14H16ClN3O3S2. The molecule has 0 saturated heterocycles. The van der Waals surface area contributed by atoms with Gasteiger partial charge in [0.25, 0.3) is 4.34 Å². The Hall–Kier alpha value is -1.51. The van der Waals surface area contributed by atoms with E-state index in [1.165, 1.54) is 7.11 Å². The maximum absolute atomic E-state index is 12.4. The second kappa shape index (κ2) is 6.54. The molecule has 1 heterocycles. The molecule has 124 valence electrons. The van der Waals surface area contributed by atoms with Crippen molar-refractivity contribution in [1.82, 2.24) is 9.36 Å². The lowest BCUT2D eigenvalue weighted by atomic mass is 9.97. The first-order valence-electron chi connectivity index (χ1n) is 6.63. The highest BCUT2D eigenvalue weighted by atomic mass is 35.5. The minimum Gasteiger partial charge on any atom is -0.483 e. The van der Waals surface area contributed by atoms with Crippen LogP contribution in [0.2, 0.25) is 5.02 Å². The van der Waals surface area contributed by atoms with E-state index < -0.39 is 15.4 Å². The van der Waals surface area contributed by atoms with Gasteiger partial charge in [0.15, 0.2) is 5.82 Å². The van der Waals surface area contributed by atoms with E-state index in [-0.39, 0.29) is 16.1 Å². The van der Waals surface area contributed by atoms with Crippen LogP contribution in [-0.4, -0.2) is 30.8 Å². The summed E-state index contributed by atoms with van der Waals surface area (Å²) in [5.74, 6) is 0.357. The minimum atomic E-state index is -3.99. The highest BCUT2D eigenvalue weighted by Gasteiger charge is 2.27. The molecule has 0 atom stereocenters. The number of rotatable bonds is 3. The summed E-state index contributed by atoms with van der Waals surface area (Å²) in [4.78, 5) is 4.05. The van der Waals surface area contributed by atoms with Crippen LogP contribution in [0.15, 0.2) is 33.0 Å². The van der Waals surface area contributed by atoms with Gasteiger partial charge in [-0.05, 0) is 12.1 Å². The molecule has 0 N–H and O–H groups in total. The summed E-state index contributed by atoms with van der Waals surface area (Å²) in [7, 11) is -2.61. The van der Waals surface area contributed by atoms with Crippen LogP contribution in [0.25, 0.3) is 11.4 Å². The summed E-state index contributed by atoms with van der Waals surface area (Å²) in [6, 6.07) is 6.96. The van der Waals surface area contributed by atoms with Crippen LogP contribution in [0.3, 0.4) is 0 Å². The molecule has 9 heteroatoms. The van der Waals surface area contributed by atoms with Gasteiger partial charge in [0, 0.05) is 22.5 Å². The number of hydrogen-bond donors (Lipinski definition) is 0. The average Bonchev–Trinajstić information content (AvgIpc) is 2.94. The lowest BCUT2D eigenvalue weighted by molar-refractivity contribution is 0.338. The van der Waals surface area contributed by atoms with E-state index in [1.807, 2.05) is 0 Å². The first-order valence-corrected chi connectivity index (χ1v) is 9.22. The largest absolute Gasteiger partial charge is 0.483 e. The molecule has 1 aromatic heterocycles. The van der Waals surface area contributed by atoms with Gasteiger partial charge in [0.05, 0.1) is 12.1 Å². The fourth-order valence-electron chi connectivity index (χ4n) is 1.69. The second-order valence-electron chi connectivity index (χ2n) is 5.69. The van der Waals surface area contributed by atoms with Gasteiger partial charge in [-0.2, -0.15) is 12.8 Å². The highest BCUT2D eigenvalue weighted by molar-refractivity contribution is 7.92. The summed E-state index contributed by atoms with van der Waals surface area (Å²) in [5.41, 5.74) is 0.0246.